The normalized spacial score (nSPS) is 14.1. The Morgan fingerprint density at radius 3 is 2.25 bits per heavy atom. The second-order valence-corrected chi connectivity index (χ2v) is 9.02. The van der Waals surface area contributed by atoms with Crippen LogP contribution in [0, 0.1) is 5.41 Å². The average molecular weight is 480 g/mol. The Labute approximate surface area is 190 Å². The predicted molar refractivity (Wildman–Crippen MR) is 115 cm³/mol. The maximum atomic E-state index is 12.1. The van der Waals surface area contributed by atoms with Crippen LogP contribution in [0.3, 0.4) is 0 Å². The van der Waals surface area contributed by atoms with Gasteiger partial charge in [0.25, 0.3) is 0 Å². The molecule has 3 atom stereocenters. The molecule has 0 aromatic carbocycles. The molecule has 2 amide bonds. The molecule has 32 heavy (non-hydrogen) atoms. The fourth-order valence-corrected chi connectivity index (χ4v) is 2.96. The van der Waals surface area contributed by atoms with Crippen molar-refractivity contribution in [2.45, 2.75) is 58.3 Å². The summed E-state index contributed by atoms with van der Waals surface area (Å²) in [6, 6.07) is -1.41. The molecule has 0 aliphatic rings. The van der Waals surface area contributed by atoms with Crippen LogP contribution in [-0.4, -0.2) is 87.9 Å². The van der Waals surface area contributed by atoms with Crippen molar-refractivity contribution in [1.82, 2.24) is 10.6 Å². The van der Waals surface area contributed by atoms with E-state index >= 15 is 0 Å². The summed E-state index contributed by atoms with van der Waals surface area (Å²) in [5, 5.41) is 32.8. The molecule has 0 radical (unpaired) electrons. The summed E-state index contributed by atoms with van der Waals surface area (Å²) < 4.78 is 4.91. The number of nitrogens with one attached hydrogen (secondary N) is 2. The number of carbonyl (C=O) groups excluding carboxylic acids is 4. The summed E-state index contributed by atoms with van der Waals surface area (Å²) in [7, 11) is 0. The Bertz CT molecular complexity index is 670. The smallest absolute Gasteiger partial charge is 0.321 e. The number of thioether (sulfide) groups is 1. The number of carbonyl (C=O) groups is 5. The molecule has 0 bridgehead atoms. The number of ether oxygens (including phenoxy) is 1. The molecule has 0 aliphatic carbocycles. The SMILES string of the molecule is C[C@@H](O)CC(=O)SCCNC(=O)CCNC(=O)[C@H](O)C(C)(C)COC(=O)C[C@H](N)C(=O)O. The molecule has 12 nitrogen and oxygen atoms in total. The first-order valence-electron chi connectivity index (χ1n) is 9.96. The van der Waals surface area contributed by atoms with Crippen LogP contribution >= 0.6 is 11.8 Å². The highest BCUT2D eigenvalue weighted by Crippen LogP contribution is 2.21. The molecule has 0 aromatic rings. The van der Waals surface area contributed by atoms with Crippen LogP contribution in [0.5, 0.6) is 0 Å². The lowest BCUT2D eigenvalue weighted by Gasteiger charge is -2.29. The molecule has 0 saturated heterocycles. The average Bonchev–Trinajstić information content (AvgIpc) is 2.68. The van der Waals surface area contributed by atoms with E-state index in [1.165, 1.54) is 20.8 Å². The van der Waals surface area contributed by atoms with E-state index in [0.717, 1.165) is 11.8 Å². The van der Waals surface area contributed by atoms with E-state index in [9.17, 15) is 29.1 Å². The quantitative estimate of drug-likeness (QED) is 0.116. The second-order valence-electron chi connectivity index (χ2n) is 7.87. The van der Waals surface area contributed by atoms with Gasteiger partial charge < -0.3 is 36.4 Å². The first-order valence-corrected chi connectivity index (χ1v) is 10.9. The third-order valence-corrected chi connectivity index (χ3v) is 5.00. The Hall–Kier alpha value is -2.22. The van der Waals surface area contributed by atoms with Crippen molar-refractivity contribution in [3.8, 4) is 0 Å². The number of aliphatic hydroxyl groups is 2. The standard InChI is InChI=1S/C19H33N3O9S/c1-11(23)8-15(26)32-7-6-21-13(24)4-5-22-17(28)16(27)19(2,3)10-31-14(25)9-12(20)18(29)30/h11-12,16,23,27H,4-10,20H2,1-3H3,(H,21,24)(H,22,28)(H,29,30)/t11-,12+,16+/m1/s1. The highest BCUT2D eigenvalue weighted by atomic mass is 32.2. The van der Waals surface area contributed by atoms with E-state index in [-0.39, 0.29) is 43.6 Å². The van der Waals surface area contributed by atoms with E-state index in [4.69, 9.17) is 20.7 Å². The van der Waals surface area contributed by atoms with E-state index in [1.807, 2.05) is 0 Å². The molecule has 7 N–H and O–H groups in total. The van der Waals surface area contributed by atoms with Gasteiger partial charge in [0.05, 0.1) is 19.1 Å². The summed E-state index contributed by atoms with van der Waals surface area (Å²) in [5.41, 5.74) is 4.07. The number of nitrogens with two attached hydrogens (primary N) is 1. The molecule has 0 unspecified atom stereocenters. The summed E-state index contributed by atoms with van der Waals surface area (Å²) in [6.45, 7) is 4.32. The van der Waals surface area contributed by atoms with Crippen molar-refractivity contribution in [3.05, 3.63) is 0 Å². The Morgan fingerprint density at radius 2 is 1.69 bits per heavy atom. The van der Waals surface area contributed by atoms with Crippen LogP contribution in [0.15, 0.2) is 0 Å². The van der Waals surface area contributed by atoms with Crippen LogP contribution < -0.4 is 16.4 Å². The van der Waals surface area contributed by atoms with Crippen molar-refractivity contribution in [2.75, 3.05) is 25.4 Å². The van der Waals surface area contributed by atoms with Crippen LogP contribution in [0.2, 0.25) is 0 Å². The molecule has 0 saturated carbocycles. The van der Waals surface area contributed by atoms with Crippen molar-refractivity contribution in [3.63, 3.8) is 0 Å². The number of rotatable bonds is 15. The largest absolute Gasteiger partial charge is 0.480 e. The lowest BCUT2D eigenvalue weighted by atomic mass is 9.87. The molecule has 0 rings (SSSR count). The second kappa shape index (κ2) is 14.8. The number of amides is 2. The topological polar surface area (TPSA) is 205 Å². The monoisotopic (exact) mass is 479 g/mol. The summed E-state index contributed by atoms with van der Waals surface area (Å²) >= 11 is 1.00. The zero-order chi connectivity index (χ0) is 24.9. The Kier molecular flexibility index (Phi) is 13.7. The minimum atomic E-state index is -1.55. The maximum Gasteiger partial charge on any atom is 0.321 e. The number of carboxylic acid groups (broad SMARTS) is 1. The third-order valence-electron chi connectivity index (χ3n) is 4.10. The van der Waals surface area contributed by atoms with Gasteiger partial charge in [0.15, 0.2) is 5.12 Å². The molecule has 0 aliphatic heterocycles. The molecule has 0 fully saturated rings. The Balaban J connectivity index is 4.19. The zero-order valence-electron chi connectivity index (χ0n) is 18.5. The zero-order valence-corrected chi connectivity index (χ0v) is 19.3. The first kappa shape index (κ1) is 29.8. The van der Waals surface area contributed by atoms with Gasteiger partial charge in [-0.2, -0.15) is 0 Å². The predicted octanol–water partition coefficient (Wildman–Crippen LogP) is -1.63. The highest BCUT2D eigenvalue weighted by Gasteiger charge is 2.35. The number of aliphatic hydroxyl groups excluding tert-OH is 2. The molecule has 184 valence electrons. The third kappa shape index (κ3) is 13.2. The van der Waals surface area contributed by atoms with Gasteiger partial charge >= 0.3 is 11.9 Å². The van der Waals surface area contributed by atoms with E-state index in [1.54, 1.807) is 0 Å². The number of hydrogen-bond donors (Lipinski definition) is 6. The number of hydrogen-bond acceptors (Lipinski definition) is 10. The van der Waals surface area contributed by atoms with Crippen LogP contribution in [0.4, 0.5) is 0 Å². The fourth-order valence-electron chi connectivity index (χ4n) is 2.17. The lowest BCUT2D eigenvalue weighted by molar-refractivity contribution is -0.155. The van der Waals surface area contributed by atoms with Crippen molar-refractivity contribution < 1.29 is 44.0 Å². The van der Waals surface area contributed by atoms with Crippen molar-refractivity contribution in [2.24, 2.45) is 11.1 Å². The Morgan fingerprint density at radius 1 is 1.06 bits per heavy atom. The van der Waals surface area contributed by atoms with E-state index in [0.29, 0.717) is 5.75 Å². The van der Waals surface area contributed by atoms with Crippen LogP contribution in [0.25, 0.3) is 0 Å². The van der Waals surface area contributed by atoms with Gasteiger partial charge in [0, 0.05) is 37.1 Å². The summed E-state index contributed by atoms with van der Waals surface area (Å²) in [4.78, 5) is 57.5. The number of esters is 1. The van der Waals surface area contributed by atoms with E-state index in [2.05, 4.69) is 10.6 Å². The minimum absolute atomic E-state index is 0.0401. The van der Waals surface area contributed by atoms with Gasteiger partial charge in [-0.05, 0) is 6.92 Å². The highest BCUT2D eigenvalue weighted by molar-refractivity contribution is 8.13. The van der Waals surface area contributed by atoms with Gasteiger partial charge in [0.1, 0.15) is 12.1 Å². The van der Waals surface area contributed by atoms with Crippen molar-refractivity contribution in [1.29, 1.82) is 0 Å². The van der Waals surface area contributed by atoms with Crippen LogP contribution in [-0.2, 0) is 28.7 Å². The lowest BCUT2D eigenvalue weighted by Crippen LogP contribution is -2.47. The van der Waals surface area contributed by atoms with Crippen LogP contribution in [0.1, 0.15) is 40.0 Å². The minimum Gasteiger partial charge on any atom is -0.480 e. The summed E-state index contributed by atoms with van der Waals surface area (Å²) in [5.74, 6) is -2.99. The molecule has 13 heteroatoms. The van der Waals surface area contributed by atoms with Gasteiger partial charge in [0.2, 0.25) is 11.8 Å². The summed E-state index contributed by atoms with van der Waals surface area (Å²) in [6.07, 6.45) is -2.82. The van der Waals surface area contributed by atoms with E-state index < -0.39 is 47.9 Å². The molecular weight excluding hydrogens is 446 g/mol. The van der Waals surface area contributed by atoms with Gasteiger partial charge in [-0.1, -0.05) is 25.6 Å². The van der Waals surface area contributed by atoms with Gasteiger partial charge in [-0.15, -0.1) is 0 Å². The molecule has 0 aromatic heterocycles. The number of aliphatic carboxylic acids is 1. The molecule has 0 heterocycles. The number of carboxylic acids is 1. The first-order chi connectivity index (χ1) is 14.8. The maximum absolute atomic E-state index is 12.1. The molecular formula is C19H33N3O9S. The van der Waals surface area contributed by atoms with Gasteiger partial charge in [-0.25, -0.2) is 0 Å². The van der Waals surface area contributed by atoms with Gasteiger partial charge in [-0.3, -0.25) is 24.0 Å². The molecule has 0 spiro atoms. The fraction of sp³-hybridized carbons (Fsp3) is 0.737. The van der Waals surface area contributed by atoms with Crippen molar-refractivity contribution >= 4 is 40.6 Å².